The molecule has 0 saturated heterocycles. The number of ether oxygens (including phenoxy) is 1. The van der Waals surface area contributed by atoms with E-state index in [0.717, 1.165) is 5.69 Å². The predicted molar refractivity (Wildman–Crippen MR) is 165 cm³/mol. The molecule has 3 aromatic rings. The summed E-state index contributed by atoms with van der Waals surface area (Å²) >= 11 is 6.44. The second kappa shape index (κ2) is 12.9. The van der Waals surface area contributed by atoms with Crippen molar-refractivity contribution in [1.29, 1.82) is 0 Å². The summed E-state index contributed by atoms with van der Waals surface area (Å²) in [5, 5.41) is 10.9. The number of carbonyl (C=O) groups excluding carboxylic acids is 1. The van der Waals surface area contributed by atoms with Gasteiger partial charge in [0.25, 0.3) is 0 Å². The zero-order valence-electron chi connectivity index (χ0n) is 23.3. The third-order valence-electron chi connectivity index (χ3n) is 6.03. The van der Waals surface area contributed by atoms with E-state index in [1.165, 1.54) is 17.6 Å². The van der Waals surface area contributed by atoms with E-state index in [1.54, 1.807) is 19.2 Å². The Labute approximate surface area is 237 Å². The third-order valence-corrected chi connectivity index (χ3v) is 7.66. The highest BCUT2D eigenvalue weighted by Gasteiger charge is 2.18. The first-order chi connectivity index (χ1) is 18.4. The van der Waals surface area contributed by atoms with Crippen molar-refractivity contribution in [1.82, 2.24) is 14.9 Å². The highest BCUT2D eigenvalue weighted by molar-refractivity contribution is 7.64. The molecule has 0 saturated carbocycles. The molecule has 0 atom stereocenters. The van der Waals surface area contributed by atoms with Crippen molar-refractivity contribution < 1.29 is 9.53 Å². The maximum atomic E-state index is 12.2. The van der Waals surface area contributed by atoms with Crippen LogP contribution in [0, 0.1) is 11.8 Å². The van der Waals surface area contributed by atoms with Gasteiger partial charge in [0, 0.05) is 11.8 Å². The second-order valence-corrected chi connectivity index (χ2v) is 12.2. The van der Waals surface area contributed by atoms with Crippen LogP contribution in [0.4, 0.5) is 28.8 Å². The number of para-hydroxylation sites is 1. The van der Waals surface area contributed by atoms with E-state index in [9.17, 15) is 4.79 Å². The lowest BCUT2D eigenvalue weighted by molar-refractivity contribution is -0.111. The average Bonchev–Trinajstić information content (AvgIpc) is 2.90. The normalized spacial score (nSPS) is 11.0. The number of halogens is 1. The van der Waals surface area contributed by atoms with Gasteiger partial charge < -0.3 is 20.7 Å². The molecule has 204 valence electrons. The first-order valence-electron chi connectivity index (χ1n) is 12.1. The summed E-state index contributed by atoms with van der Waals surface area (Å²) in [7, 11) is 5.13. The van der Waals surface area contributed by atoms with Crippen LogP contribution in [0.3, 0.4) is 0 Å². The van der Waals surface area contributed by atoms with E-state index >= 15 is 0 Å². The molecule has 0 bridgehead atoms. The maximum Gasteiger partial charge on any atom is 0.247 e. The number of hydrogen-bond acceptors (Lipinski definition) is 7. The van der Waals surface area contributed by atoms with Gasteiger partial charge in [0.2, 0.25) is 11.9 Å². The Bertz CT molecular complexity index is 1430. The average molecular weight is 565 g/mol. The summed E-state index contributed by atoms with van der Waals surface area (Å²) < 4.78 is 5.65. The molecule has 2 aromatic carbocycles. The predicted octanol–water partition coefficient (Wildman–Crippen LogP) is 5.81. The summed E-state index contributed by atoms with van der Waals surface area (Å²) in [5.74, 6) is 7.33. The Morgan fingerprint density at radius 1 is 1.15 bits per heavy atom. The van der Waals surface area contributed by atoms with Gasteiger partial charge in [0.05, 0.1) is 35.8 Å². The minimum atomic E-state index is -0.389. The van der Waals surface area contributed by atoms with Crippen molar-refractivity contribution in [2.75, 3.05) is 50.5 Å². The van der Waals surface area contributed by atoms with Crippen LogP contribution in [0.1, 0.15) is 19.4 Å². The van der Waals surface area contributed by atoms with Crippen LogP contribution in [0.5, 0.6) is 5.75 Å². The van der Waals surface area contributed by atoms with E-state index in [0.29, 0.717) is 39.5 Å². The van der Waals surface area contributed by atoms with Crippen molar-refractivity contribution in [2.24, 2.45) is 0 Å². The number of rotatable bonds is 9. The monoisotopic (exact) mass is 564 g/mol. The van der Waals surface area contributed by atoms with Crippen molar-refractivity contribution in [3.05, 3.63) is 65.8 Å². The highest BCUT2D eigenvalue weighted by atomic mass is 35.5. The molecule has 39 heavy (non-hydrogen) atoms. The summed E-state index contributed by atoms with van der Waals surface area (Å²) in [6, 6.07) is 11.6. The topological polar surface area (TPSA) is 91.4 Å². The zero-order valence-corrected chi connectivity index (χ0v) is 25.0. The number of hydrogen-bond donors (Lipinski definition) is 3. The molecular formula is C29H34ClN6O2P. The second-order valence-electron chi connectivity index (χ2n) is 9.55. The lowest BCUT2D eigenvalue weighted by Gasteiger charge is -2.26. The van der Waals surface area contributed by atoms with Gasteiger partial charge in [-0.2, -0.15) is 4.98 Å². The molecule has 0 aliphatic heterocycles. The number of anilines is 5. The molecule has 3 rings (SSSR count). The Balaban J connectivity index is 2.02. The summed E-state index contributed by atoms with van der Waals surface area (Å²) in [6.07, 6.45) is 2.73. The van der Waals surface area contributed by atoms with E-state index in [2.05, 4.69) is 63.7 Å². The van der Waals surface area contributed by atoms with E-state index in [-0.39, 0.29) is 19.4 Å². The fraction of sp³-hybridized carbons (Fsp3) is 0.276. The van der Waals surface area contributed by atoms with Crippen LogP contribution < -0.4 is 26.0 Å². The molecule has 0 aliphatic carbocycles. The SMILES string of the molecule is C=CC(=O)Nc1cc(Nc2ncc(Cl)c(Nc3ccccc3P(C)C)n2)c(OC)cc1C#CC(C)(C)N(C)C. The molecule has 1 amide bonds. The molecule has 10 heteroatoms. The summed E-state index contributed by atoms with van der Waals surface area (Å²) in [6.45, 7) is 12.0. The van der Waals surface area contributed by atoms with Gasteiger partial charge in [-0.05, 0) is 64.8 Å². The van der Waals surface area contributed by atoms with Gasteiger partial charge in [-0.3, -0.25) is 9.69 Å². The van der Waals surface area contributed by atoms with Crippen LogP contribution in [0.25, 0.3) is 0 Å². The molecule has 0 aliphatic rings. The lowest BCUT2D eigenvalue weighted by atomic mass is 10.0. The Hall–Kier alpha value is -3.63. The largest absolute Gasteiger partial charge is 0.495 e. The van der Waals surface area contributed by atoms with Crippen LogP contribution in [-0.4, -0.2) is 60.8 Å². The minimum absolute atomic E-state index is 0.293. The third kappa shape index (κ3) is 7.70. The molecule has 0 unspecified atom stereocenters. The van der Waals surface area contributed by atoms with E-state index in [4.69, 9.17) is 16.3 Å². The van der Waals surface area contributed by atoms with Gasteiger partial charge in [-0.1, -0.05) is 56.1 Å². The van der Waals surface area contributed by atoms with Gasteiger partial charge >= 0.3 is 0 Å². The Morgan fingerprint density at radius 2 is 1.87 bits per heavy atom. The molecule has 0 spiro atoms. The summed E-state index contributed by atoms with van der Waals surface area (Å²) in [4.78, 5) is 23.2. The summed E-state index contributed by atoms with van der Waals surface area (Å²) in [5.41, 5.74) is 2.17. The van der Waals surface area contributed by atoms with Crippen LogP contribution in [0.15, 0.2) is 55.3 Å². The van der Waals surface area contributed by atoms with Crippen molar-refractivity contribution in [3.8, 4) is 17.6 Å². The first-order valence-corrected chi connectivity index (χ1v) is 14.8. The van der Waals surface area contributed by atoms with Gasteiger partial charge in [-0.25, -0.2) is 4.98 Å². The first kappa shape index (κ1) is 29.9. The lowest BCUT2D eigenvalue weighted by Crippen LogP contribution is -2.36. The highest BCUT2D eigenvalue weighted by Crippen LogP contribution is 2.35. The van der Waals surface area contributed by atoms with Crippen molar-refractivity contribution in [2.45, 2.75) is 19.4 Å². The molecular weight excluding hydrogens is 531 g/mol. The number of carbonyl (C=O) groups is 1. The Morgan fingerprint density at radius 3 is 2.51 bits per heavy atom. The Kier molecular flexibility index (Phi) is 9.93. The molecule has 1 heterocycles. The number of amides is 1. The van der Waals surface area contributed by atoms with E-state index in [1.807, 2.05) is 51.0 Å². The molecule has 3 N–H and O–H groups in total. The quantitative estimate of drug-likeness (QED) is 0.172. The zero-order chi connectivity index (χ0) is 28.7. The fourth-order valence-electron chi connectivity index (χ4n) is 3.30. The van der Waals surface area contributed by atoms with Crippen molar-refractivity contribution in [3.63, 3.8) is 0 Å². The number of benzene rings is 2. The van der Waals surface area contributed by atoms with Crippen molar-refractivity contribution >= 4 is 59.6 Å². The van der Waals surface area contributed by atoms with Gasteiger partial charge in [0.1, 0.15) is 10.8 Å². The fourth-order valence-corrected chi connectivity index (χ4v) is 4.44. The standard InChI is InChI=1S/C29H34ClN6O2P/c1-9-26(37)32-22-17-23(24(38-6)16-19(22)14-15-29(2,3)36(4)5)34-28-31-18-20(30)27(35-28)33-21-12-10-11-13-25(21)39(7)8/h9-13,16-18H,1H2,2-8H3,(H,32,37)(H2,31,33,34,35). The van der Waals surface area contributed by atoms with Gasteiger partial charge in [-0.15, -0.1) is 0 Å². The van der Waals surface area contributed by atoms with Gasteiger partial charge in [0.15, 0.2) is 5.82 Å². The van der Waals surface area contributed by atoms with E-state index < -0.39 is 0 Å². The maximum absolute atomic E-state index is 12.2. The van der Waals surface area contributed by atoms with Crippen LogP contribution >= 0.6 is 19.5 Å². The minimum Gasteiger partial charge on any atom is -0.495 e. The molecule has 8 nitrogen and oxygen atoms in total. The molecule has 1 aromatic heterocycles. The van der Waals surface area contributed by atoms with Crippen LogP contribution in [0.2, 0.25) is 5.02 Å². The van der Waals surface area contributed by atoms with Crippen LogP contribution in [-0.2, 0) is 4.79 Å². The smallest absolute Gasteiger partial charge is 0.247 e. The number of aromatic nitrogens is 2. The molecule has 0 fully saturated rings. The number of nitrogens with one attached hydrogen (secondary N) is 3. The number of methoxy groups -OCH3 is 1. The molecule has 0 radical (unpaired) electrons. The number of nitrogens with zero attached hydrogens (tertiary/aromatic N) is 3.